The summed E-state index contributed by atoms with van der Waals surface area (Å²) >= 11 is 0. The number of pyridine rings is 1. The lowest BCUT2D eigenvalue weighted by Gasteiger charge is -2.10. The van der Waals surface area contributed by atoms with E-state index in [9.17, 15) is 0 Å². The largest absolute Gasteiger partial charge is 0.359 e. The van der Waals surface area contributed by atoms with Crippen LogP contribution >= 0.6 is 0 Å². The molecule has 1 aliphatic rings. The second-order valence-electron chi connectivity index (χ2n) is 3.11. The van der Waals surface area contributed by atoms with Crippen molar-refractivity contribution < 1.29 is 0 Å². The van der Waals surface area contributed by atoms with Crippen LogP contribution in [-0.2, 0) is 6.42 Å². The number of rotatable bonds is 0. The van der Waals surface area contributed by atoms with E-state index in [-0.39, 0.29) is 0 Å². The van der Waals surface area contributed by atoms with Crippen LogP contribution in [0.1, 0.15) is 11.3 Å². The van der Waals surface area contributed by atoms with Crippen LogP contribution in [0.2, 0.25) is 0 Å². The molecule has 0 N–H and O–H groups in total. The van der Waals surface area contributed by atoms with Gasteiger partial charge in [-0.15, -0.1) is 0 Å². The molecule has 2 heteroatoms. The third-order valence-electron chi connectivity index (χ3n) is 2.17. The summed E-state index contributed by atoms with van der Waals surface area (Å²) in [5, 5.41) is 0. The molecule has 0 aromatic carbocycles. The Morgan fingerprint density at radius 3 is 3.09 bits per heavy atom. The van der Waals surface area contributed by atoms with Gasteiger partial charge in [0.25, 0.3) is 0 Å². The van der Waals surface area contributed by atoms with Gasteiger partial charge >= 0.3 is 0 Å². The summed E-state index contributed by atoms with van der Waals surface area (Å²) in [6.45, 7) is 3.15. The number of aromatic nitrogens is 1. The predicted octanol–water partition coefficient (Wildman–Crippen LogP) is 1.38. The molecule has 58 valence electrons. The minimum Gasteiger partial charge on any atom is -0.359 e. The highest BCUT2D eigenvalue weighted by Gasteiger charge is 2.15. The van der Waals surface area contributed by atoms with E-state index in [0.29, 0.717) is 0 Å². The summed E-state index contributed by atoms with van der Waals surface area (Å²) < 4.78 is 0. The van der Waals surface area contributed by atoms with Crippen LogP contribution in [0.25, 0.3) is 0 Å². The standard InChI is InChI=1S/C9H12N2/c1-7-3-4-8-5-6-11(2)9(8)10-7/h3-4H,5-6H2,1-2H3. The summed E-state index contributed by atoms with van der Waals surface area (Å²) in [5.74, 6) is 1.17. The Kier molecular flexibility index (Phi) is 1.34. The van der Waals surface area contributed by atoms with Crippen molar-refractivity contribution in [2.45, 2.75) is 13.3 Å². The number of anilines is 1. The maximum atomic E-state index is 4.46. The van der Waals surface area contributed by atoms with Crippen LogP contribution in [0.15, 0.2) is 12.1 Å². The molecule has 0 atom stereocenters. The second-order valence-corrected chi connectivity index (χ2v) is 3.11. The van der Waals surface area contributed by atoms with Gasteiger partial charge in [0.05, 0.1) is 0 Å². The molecule has 1 aromatic rings. The number of hydrogen-bond donors (Lipinski definition) is 0. The van der Waals surface area contributed by atoms with Crippen molar-refractivity contribution in [3.8, 4) is 0 Å². The van der Waals surface area contributed by atoms with E-state index in [4.69, 9.17) is 0 Å². The number of aryl methyl sites for hydroxylation is 1. The Morgan fingerprint density at radius 2 is 2.27 bits per heavy atom. The molecule has 0 aliphatic carbocycles. The zero-order chi connectivity index (χ0) is 7.84. The van der Waals surface area contributed by atoms with Gasteiger partial charge in [0.1, 0.15) is 5.82 Å². The molecule has 0 unspecified atom stereocenters. The fourth-order valence-corrected chi connectivity index (χ4v) is 1.49. The predicted molar refractivity (Wildman–Crippen MR) is 45.9 cm³/mol. The van der Waals surface area contributed by atoms with Crippen molar-refractivity contribution in [3.05, 3.63) is 23.4 Å². The van der Waals surface area contributed by atoms with Crippen LogP contribution in [0.5, 0.6) is 0 Å². The van der Waals surface area contributed by atoms with Gasteiger partial charge in [0.15, 0.2) is 0 Å². The quantitative estimate of drug-likeness (QED) is 0.552. The van der Waals surface area contributed by atoms with Gasteiger partial charge in [0, 0.05) is 19.3 Å². The molecule has 0 spiro atoms. The van der Waals surface area contributed by atoms with E-state index >= 15 is 0 Å². The average Bonchev–Trinajstić information content (AvgIpc) is 2.33. The van der Waals surface area contributed by atoms with Crippen LogP contribution in [0.4, 0.5) is 5.82 Å². The minimum absolute atomic E-state index is 1.11. The van der Waals surface area contributed by atoms with Gasteiger partial charge in [-0.05, 0) is 25.0 Å². The Hall–Kier alpha value is -1.05. The molecule has 2 nitrogen and oxygen atoms in total. The molecule has 0 amide bonds. The topological polar surface area (TPSA) is 16.1 Å². The van der Waals surface area contributed by atoms with Crippen LogP contribution < -0.4 is 4.90 Å². The highest BCUT2D eigenvalue weighted by atomic mass is 15.2. The van der Waals surface area contributed by atoms with E-state index in [1.807, 2.05) is 6.92 Å². The SMILES string of the molecule is Cc1ccc2c(n1)N(C)CC2. The molecular weight excluding hydrogens is 136 g/mol. The fraction of sp³-hybridized carbons (Fsp3) is 0.444. The zero-order valence-electron chi connectivity index (χ0n) is 6.96. The van der Waals surface area contributed by atoms with Crippen LogP contribution in [0, 0.1) is 6.92 Å². The maximum absolute atomic E-state index is 4.46. The minimum atomic E-state index is 1.11. The first-order valence-corrected chi connectivity index (χ1v) is 3.95. The van der Waals surface area contributed by atoms with Gasteiger partial charge < -0.3 is 4.90 Å². The molecular formula is C9H12N2. The summed E-state index contributed by atoms with van der Waals surface area (Å²) in [7, 11) is 2.10. The highest BCUT2D eigenvalue weighted by Crippen LogP contribution is 2.23. The molecule has 0 bridgehead atoms. The van der Waals surface area contributed by atoms with Gasteiger partial charge in [0.2, 0.25) is 0 Å². The first-order valence-electron chi connectivity index (χ1n) is 3.95. The first-order chi connectivity index (χ1) is 5.27. The first kappa shape index (κ1) is 6.65. The van der Waals surface area contributed by atoms with Gasteiger partial charge in [-0.3, -0.25) is 0 Å². The van der Waals surface area contributed by atoms with E-state index < -0.39 is 0 Å². The second kappa shape index (κ2) is 2.22. The molecule has 0 saturated carbocycles. The van der Waals surface area contributed by atoms with E-state index in [2.05, 4.69) is 29.1 Å². The average molecular weight is 148 g/mol. The molecule has 1 aliphatic heterocycles. The van der Waals surface area contributed by atoms with E-state index in [0.717, 1.165) is 18.7 Å². The van der Waals surface area contributed by atoms with Gasteiger partial charge in [-0.2, -0.15) is 0 Å². The maximum Gasteiger partial charge on any atom is 0.131 e. The number of likely N-dealkylation sites (N-methyl/N-ethyl adjacent to an activating group) is 1. The fourth-order valence-electron chi connectivity index (χ4n) is 1.49. The number of fused-ring (bicyclic) bond motifs is 1. The third kappa shape index (κ3) is 0.985. The van der Waals surface area contributed by atoms with Crippen molar-refractivity contribution in [2.75, 3.05) is 18.5 Å². The van der Waals surface area contributed by atoms with Crippen molar-refractivity contribution >= 4 is 5.82 Å². The van der Waals surface area contributed by atoms with E-state index in [1.54, 1.807) is 0 Å². The zero-order valence-corrected chi connectivity index (χ0v) is 6.96. The normalized spacial score (nSPS) is 15.3. The summed E-state index contributed by atoms with van der Waals surface area (Å²) in [5.41, 5.74) is 2.50. The Morgan fingerprint density at radius 1 is 1.45 bits per heavy atom. The third-order valence-corrected chi connectivity index (χ3v) is 2.17. The lowest BCUT2D eigenvalue weighted by atomic mass is 10.2. The number of nitrogens with zero attached hydrogens (tertiary/aromatic N) is 2. The summed E-state index contributed by atoms with van der Waals surface area (Å²) in [6.07, 6.45) is 1.15. The lowest BCUT2D eigenvalue weighted by molar-refractivity contribution is 0.943. The van der Waals surface area contributed by atoms with E-state index in [1.165, 1.54) is 11.4 Å². The van der Waals surface area contributed by atoms with Crippen LogP contribution in [0.3, 0.4) is 0 Å². The van der Waals surface area contributed by atoms with Crippen molar-refractivity contribution in [2.24, 2.45) is 0 Å². The highest BCUT2D eigenvalue weighted by molar-refractivity contribution is 5.51. The van der Waals surface area contributed by atoms with Crippen molar-refractivity contribution in [1.29, 1.82) is 0 Å². The molecule has 0 saturated heterocycles. The molecule has 0 radical (unpaired) electrons. The molecule has 2 heterocycles. The lowest BCUT2D eigenvalue weighted by Crippen LogP contribution is -2.13. The Balaban J connectivity index is 2.52. The Bertz CT molecular complexity index is 281. The summed E-state index contributed by atoms with van der Waals surface area (Å²) in [4.78, 5) is 6.67. The van der Waals surface area contributed by atoms with Crippen molar-refractivity contribution in [3.63, 3.8) is 0 Å². The van der Waals surface area contributed by atoms with Crippen LogP contribution in [-0.4, -0.2) is 18.6 Å². The van der Waals surface area contributed by atoms with Gasteiger partial charge in [-0.25, -0.2) is 4.98 Å². The van der Waals surface area contributed by atoms with Gasteiger partial charge in [-0.1, -0.05) is 6.07 Å². The molecule has 11 heavy (non-hydrogen) atoms. The molecule has 0 fully saturated rings. The summed E-state index contributed by atoms with van der Waals surface area (Å²) in [6, 6.07) is 4.26. The molecule has 1 aromatic heterocycles. The number of hydrogen-bond acceptors (Lipinski definition) is 2. The van der Waals surface area contributed by atoms with Crippen molar-refractivity contribution in [1.82, 2.24) is 4.98 Å². The molecule has 2 rings (SSSR count). The Labute approximate surface area is 66.9 Å². The monoisotopic (exact) mass is 148 g/mol. The smallest absolute Gasteiger partial charge is 0.131 e.